The Balaban J connectivity index is 2.67. The number of aromatic amines is 1. The Labute approximate surface area is 97.0 Å². The van der Waals surface area contributed by atoms with E-state index in [-0.39, 0.29) is 11.5 Å². The molecule has 16 heavy (non-hydrogen) atoms. The largest absolute Gasteiger partial charge is 0.508 e. The van der Waals surface area contributed by atoms with Crippen LogP contribution in [0, 0.1) is 4.77 Å². The Morgan fingerprint density at radius 3 is 2.88 bits per heavy atom. The average Bonchev–Trinajstić information content (AvgIpc) is 2.63. The van der Waals surface area contributed by atoms with Gasteiger partial charge in [0.1, 0.15) is 11.5 Å². The zero-order valence-electron chi connectivity index (χ0n) is 8.64. The van der Waals surface area contributed by atoms with Gasteiger partial charge >= 0.3 is 0 Å². The summed E-state index contributed by atoms with van der Waals surface area (Å²) in [5.74, 6) is 0.645. The molecular weight excluding hydrogens is 226 g/mol. The van der Waals surface area contributed by atoms with E-state index in [0.29, 0.717) is 22.7 Å². The van der Waals surface area contributed by atoms with Crippen LogP contribution in [-0.2, 0) is 6.54 Å². The highest BCUT2D eigenvalue weighted by atomic mass is 32.1. The van der Waals surface area contributed by atoms with Crippen molar-refractivity contribution in [3.63, 3.8) is 0 Å². The number of H-pyrrole nitrogens is 1. The molecule has 3 N–H and O–H groups in total. The average molecular weight is 237 g/mol. The van der Waals surface area contributed by atoms with Crippen LogP contribution in [0.5, 0.6) is 11.5 Å². The van der Waals surface area contributed by atoms with Gasteiger partial charge in [-0.25, -0.2) is 0 Å². The zero-order chi connectivity index (χ0) is 11.7. The summed E-state index contributed by atoms with van der Waals surface area (Å²) in [6.07, 6.45) is 0. The van der Waals surface area contributed by atoms with Crippen molar-refractivity contribution in [1.82, 2.24) is 14.8 Å². The van der Waals surface area contributed by atoms with E-state index in [2.05, 4.69) is 10.2 Å². The fraction of sp³-hybridized carbons (Fsp3) is 0.200. The van der Waals surface area contributed by atoms with Crippen LogP contribution in [0.25, 0.3) is 11.4 Å². The molecule has 0 atom stereocenters. The van der Waals surface area contributed by atoms with E-state index in [1.165, 1.54) is 18.2 Å². The summed E-state index contributed by atoms with van der Waals surface area (Å²) >= 11 is 5.05. The van der Waals surface area contributed by atoms with Gasteiger partial charge in [-0.05, 0) is 37.3 Å². The fourth-order valence-corrected chi connectivity index (χ4v) is 1.78. The van der Waals surface area contributed by atoms with Crippen molar-refractivity contribution in [2.75, 3.05) is 0 Å². The molecule has 0 saturated carbocycles. The number of benzene rings is 1. The minimum absolute atomic E-state index is 0.0569. The number of hydrogen-bond donors (Lipinski definition) is 3. The highest BCUT2D eigenvalue weighted by Crippen LogP contribution is 2.30. The van der Waals surface area contributed by atoms with Crippen molar-refractivity contribution in [2.45, 2.75) is 13.5 Å². The van der Waals surface area contributed by atoms with Crippen LogP contribution in [0.15, 0.2) is 18.2 Å². The molecule has 0 radical (unpaired) electrons. The Hall–Kier alpha value is -1.82. The summed E-state index contributed by atoms with van der Waals surface area (Å²) in [5, 5.41) is 25.8. The summed E-state index contributed by atoms with van der Waals surface area (Å²) in [4.78, 5) is 0. The molecule has 0 aliphatic heterocycles. The molecule has 1 heterocycles. The van der Waals surface area contributed by atoms with Crippen molar-refractivity contribution in [1.29, 1.82) is 0 Å². The van der Waals surface area contributed by atoms with Gasteiger partial charge in [-0.1, -0.05) is 0 Å². The number of nitrogens with zero attached hydrogens (tertiary/aromatic N) is 2. The van der Waals surface area contributed by atoms with Gasteiger partial charge in [0.2, 0.25) is 0 Å². The van der Waals surface area contributed by atoms with Gasteiger partial charge in [-0.15, -0.1) is 0 Å². The molecular formula is C10H11N3O2S. The molecule has 0 bridgehead atoms. The first-order chi connectivity index (χ1) is 7.63. The SMILES string of the molecule is CCn1c(-c2cc(O)ccc2O)n[nH]c1=S. The van der Waals surface area contributed by atoms with Gasteiger partial charge in [0, 0.05) is 6.54 Å². The fourth-order valence-electron chi connectivity index (χ4n) is 1.52. The van der Waals surface area contributed by atoms with Gasteiger partial charge in [-0.3, -0.25) is 5.10 Å². The number of rotatable bonds is 2. The Kier molecular flexibility index (Phi) is 2.66. The van der Waals surface area contributed by atoms with Crippen molar-refractivity contribution in [2.24, 2.45) is 0 Å². The minimum atomic E-state index is 0.0569. The molecule has 0 saturated heterocycles. The summed E-state index contributed by atoms with van der Waals surface area (Å²) in [7, 11) is 0. The first-order valence-electron chi connectivity index (χ1n) is 4.81. The molecule has 2 rings (SSSR count). The second-order valence-electron chi connectivity index (χ2n) is 3.30. The molecule has 0 amide bonds. The maximum absolute atomic E-state index is 9.71. The number of nitrogens with one attached hydrogen (secondary N) is 1. The first-order valence-corrected chi connectivity index (χ1v) is 5.22. The second kappa shape index (κ2) is 3.97. The van der Waals surface area contributed by atoms with E-state index in [1.54, 1.807) is 4.57 Å². The molecule has 84 valence electrons. The summed E-state index contributed by atoms with van der Waals surface area (Å²) < 4.78 is 2.23. The Morgan fingerprint density at radius 1 is 1.44 bits per heavy atom. The normalized spacial score (nSPS) is 10.6. The molecule has 1 aromatic heterocycles. The summed E-state index contributed by atoms with van der Waals surface area (Å²) in [6, 6.07) is 4.28. The van der Waals surface area contributed by atoms with E-state index in [9.17, 15) is 10.2 Å². The third kappa shape index (κ3) is 1.67. The van der Waals surface area contributed by atoms with E-state index in [1.807, 2.05) is 6.92 Å². The van der Waals surface area contributed by atoms with Crippen LogP contribution in [0.3, 0.4) is 0 Å². The minimum Gasteiger partial charge on any atom is -0.508 e. The van der Waals surface area contributed by atoms with Crippen LogP contribution >= 0.6 is 12.2 Å². The van der Waals surface area contributed by atoms with Crippen LogP contribution in [-0.4, -0.2) is 25.0 Å². The Bertz CT molecular complexity index is 574. The molecule has 1 aromatic carbocycles. The molecule has 0 aliphatic carbocycles. The molecule has 0 aliphatic rings. The lowest BCUT2D eigenvalue weighted by Crippen LogP contribution is -1.97. The zero-order valence-corrected chi connectivity index (χ0v) is 9.45. The topological polar surface area (TPSA) is 74.1 Å². The lowest BCUT2D eigenvalue weighted by molar-refractivity contribution is 0.461. The highest BCUT2D eigenvalue weighted by molar-refractivity contribution is 7.71. The molecule has 0 fully saturated rings. The summed E-state index contributed by atoms with van der Waals surface area (Å²) in [5.41, 5.74) is 0.453. The standard InChI is InChI=1S/C10H11N3O2S/c1-2-13-9(11-12-10(13)16)7-5-6(14)3-4-8(7)15/h3-5,14-15H,2H2,1H3,(H,12,16). The molecule has 6 heteroatoms. The van der Waals surface area contributed by atoms with E-state index in [0.717, 1.165) is 0 Å². The van der Waals surface area contributed by atoms with Gasteiger partial charge in [-0.2, -0.15) is 5.10 Å². The second-order valence-corrected chi connectivity index (χ2v) is 3.68. The van der Waals surface area contributed by atoms with Crippen molar-refractivity contribution >= 4 is 12.2 Å². The van der Waals surface area contributed by atoms with Gasteiger partial charge < -0.3 is 14.8 Å². The predicted molar refractivity (Wildman–Crippen MR) is 61.9 cm³/mol. The van der Waals surface area contributed by atoms with Crippen molar-refractivity contribution in [3.8, 4) is 22.9 Å². The molecule has 0 spiro atoms. The third-order valence-corrected chi connectivity index (χ3v) is 2.61. The number of hydrogen-bond acceptors (Lipinski definition) is 4. The number of aromatic hydroxyl groups is 2. The van der Waals surface area contributed by atoms with Crippen LogP contribution in [0.1, 0.15) is 6.92 Å². The number of phenols is 2. The predicted octanol–water partition coefficient (Wildman–Crippen LogP) is 2.04. The Morgan fingerprint density at radius 2 is 2.19 bits per heavy atom. The number of phenolic OH excluding ortho intramolecular Hbond substituents is 2. The van der Waals surface area contributed by atoms with E-state index in [4.69, 9.17) is 12.2 Å². The summed E-state index contributed by atoms with van der Waals surface area (Å²) in [6.45, 7) is 2.56. The van der Waals surface area contributed by atoms with Crippen molar-refractivity contribution in [3.05, 3.63) is 23.0 Å². The third-order valence-electron chi connectivity index (χ3n) is 2.30. The lowest BCUT2D eigenvalue weighted by atomic mass is 10.2. The molecule has 0 unspecified atom stereocenters. The van der Waals surface area contributed by atoms with Gasteiger partial charge in [0.05, 0.1) is 5.56 Å². The van der Waals surface area contributed by atoms with Gasteiger partial charge in [0.15, 0.2) is 10.6 Å². The highest BCUT2D eigenvalue weighted by Gasteiger charge is 2.12. The lowest BCUT2D eigenvalue weighted by Gasteiger charge is -2.05. The van der Waals surface area contributed by atoms with Gasteiger partial charge in [0.25, 0.3) is 0 Å². The van der Waals surface area contributed by atoms with Crippen LogP contribution in [0.2, 0.25) is 0 Å². The maximum Gasteiger partial charge on any atom is 0.195 e. The van der Waals surface area contributed by atoms with Crippen molar-refractivity contribution < 1.29 is 10.2 Å². The first kappa shape index (κ1) is 10.7. The quantitative estimate of drug-likeness (QED) is 0.552. The maximum atomic E-state index is 9.71. The monoisotopic (exact) mass is 237 g/mol. The van der Waals surface area contributed by atoms with E-state index < -0.39 is 0 Å². The molecule has 5 nitrogen and oxygen atoms in total. The van der Waals surface area contributed by atoms with E-state index >= 15 is 0 Å². The number of aromatic nitrogens is 3. The molecule has 2 aromatic rings. The van der Waals surface area contributed by atoms with Crippen LogP contribution in [0.4, 0.5) is 0 Å². The van der Waals surface area contributed by atoms with Crippen LogP contribution < -0.4 is 0 Å². The smallest absolute Gasteiger partial charge is 0.195 e.